The molecule has 2 rings (SSSR count). The molecule has 0 saturated heterocycles. The molecule has 10 nitrogen and oxygen atoms in total. The van der Waals surface area contributed by atoms with E-state index in [-0.39, 0.29) is 5.56 Å². The molecule has 41 heavy (non-hydrogen) atoms. The van der Waals surface area contributed by atoms with E-state index in [1.54, 1.807) is 5.32 Å². The topological polar surface area (TPSA) is 142 Å². The van der Waals surface area contributed by atoms with Crippen molar-refractivity contribution in [3.63, 3.8) is 0 Å². The number of nitrogens with zero attached hydrogens (tertiary/aromatic N) is 4. The highest BCUT2D eigenvalue weighted by Gasteiger charge is 2.58. The van der Waals surface area contributed by atoms with E-state index >= 15 is 0 Å². The number of halogens is 10. The third kappa shape index (κ3) is 9.91. The summed E-state index contributed by atoms with van der Waals surface area (Å²) in [6.45, 7) is -0.584. The van der Waals surface area contributed by atoms with Crippen LogP contribution in [0.1, 0.15) is 34.6 Å². The monoisotopic (exact) mass is 607 g/mol. The Hall–Kier alpha value is -4.44. The molecule has 0 saturated carbocycles. The van der Waals surface area contributed by atoms with Gasteiger partial charge in [0, 0.05) is 12.4 Å². The second-order valence-corrected chi connectivity index (χ2v) is 8.21. The third-order valence-corrected chi connectivity index (χ3v) is 4.47. The zero-order valence-electron chi connectivity index (χ0n) is 20.6. The highest BCUT2D eigenvalue weighted by molar-refractivity contribution is 5.99. The SMILES string of the molecule is C#CC(C)(C)NC(=O)c1cncnc1NCC(F)(F)C(F)(F)F.O=C(O)c1cncnc1NCC(F)(F)C(F)(F)F. The van der Waals surface area contributed by atoms with Crippen LogP contribution in [0.15, 0.2) is 25.0 Å². The lowest BCUT2D eigenvalue weighted by molar-refractivity contribution is -0.275. The summed E-state index contributed by atoms with van der Waals surface area (Å²) in [6, 6.07) is 0. The molecule has 0 atom stereocenters. The second-order valence-electron chi connectivity index (χ2n) is 8.21. The first kappa shape index (κ1) is 34.6. The maximum Gasteiger partial charge on any atom is 0.455 e. The number of nitrogens with one attached hydrogen (secondary N) is 3. The quantitative estimate of drug-likeness (QED) is 0.246. The number of hydrogen-bond donors (Lipinski definition) is 4. The van der Waals surface area contributed by atoms with Crippen molar-refractivity contribution >= 4 is 23.5 Å². The first-order valence-corrected chi connectivity index (χ1v) is 10.5. The Bertz CT molecular complexity index is 1260. The normalized spacial score (nSPS) is 12.4. The molecule has 0 aliphatic carbocycles. The van der Waals surface area contributed by atoms with Crippen LogP contribution in [-0.4, -0.2) is 79.7 Å². The van der Waals surface area contributed by atoms with Crippen molar-refractivity contribution in [1.29, 1.82) is 0 Å². The number of amides is 1. The molecule has 4 N–H and O–H groups in total. The van der Waals surface area contributed by atoms with Gasteiger partial charge in [0.15, 0.2) is 0 Å². The van der Waals surface area contributed by atoms with E-state index in [0.29, 0.717) is 0 Å². The fourth-order valence-corrected chi connectivity index (χ4v) is 2.24. The molecular weight excluding hydrogens is 588 g/mol. The van der Waals surface area contributed by atoms with E-state index in [4.69, 9.17) is 11.5 Å². The van der Waals surface area contributed by atoms with Crippen molar-refractivity contribution in [3.8, 4) is 12.3 Å². The van der Waals surface area contributed by atoms with Crippen LogP contribution < -0.4 is 16.0 Å². The maximum absolute atomic E-state index is 12.9. The van der Waals surface area contributed by atoms with Gasteiger partial charge in [-0.2, -0.15) is 43.9 Å². The minimum Gasteiger partial charge on any atom is -0.477 e. The average molecular weight is 607 g/mol. The van der Waals surface area contributed by atoms with Crippen LogP contribution in [0.25, 0.3) is 0 Å². The summed E-state index contributed by atoms with van der Waals surface area (Å²) >= 11 is 0. The van der Waals surface area contributed by atoms with Crippen LogP contribution in [0.2, 0.25) is 0 Å². The van der Waals surface area contributed by atoms with Crippen LogP contribution in [-0.2, 0) is 0 Å². The van der Waals surface area contributed by atoms with Gasteiger partial charge in [0.1, 0.15) is 35.4 Å². The maximum atomic E-state index is 12.9. The molecular formula is C21H19F10N7O3. The molecule has 0 bridgehead atoms. The molecule has 226 valence electrons. The van der Waals surface area contributed by atoms with Gasteiger partial charge in [-0.25, -0.2) is 24.7 Å². The minimum atomic E-state index is -5.73. The molecule has 0 aromatic carbocycles. The molecule has 2 heterocycles. The Kier molecular flexibility index (Phi) is 10.8. The number of carbonyl (C=O) groups is 2. The zero-order chi connectivity index (χ0) is 31.9. The van der Waals surface area contributed by atoms with Gasteiger partial charge in [-0.05, 0) is 13.8 Å². The number of hydrogen-bond acceptors (Lipinski definition) is 8. The van der Waals surface area contributed by atoms with Gasteiger partial charge in [-0.1, -0.05) is 5.92 Å². The van der Waals surface area contributed by atoms with Gasteiger partial charge in [-0.3, -0.25) is 4.79 Å². The number of anilines is 2. The Morgan fingerprint density at radius 1 is 0.805 bits per heavy atom. The van der Waals surface area contributed by atoms with Gasteiger partial charge >= 0.3 is 30.2 Å². The van der Waals surface area contributed by atoms with Crippen molar-refractivity contribution < 1.29 is 58.6 Å². The molecule has 20 heteroatoms. The Labute approximate surface area is 224 Å². The summed E-state index contributed by atoms with van der Waals surface area (Å²) in [4.78, 5) is 36.3. The molecule has 2 aromatic rings. The third-order valence-electron chi connectivity index (χ3n) is 4.47. The van der Waals surface area contributed by atoms with Crippen molar-refractivity contribution in [1.82, 2.24) is 25.3 Å². The Balaban J connectivity index is 0.000000422. The molecule has 2 aromatic heterocycles. The van der Waals surface area contributed by atoms with Gasteiger partial charge in [-0.15, -0.1) is 6.42 Å². The fourth-order valence-electron chi connectivity index (χ4n) is 2.24. The van der Waals surface area contributed by atoms with Gasteiger partial charge in [0.05, 0.1) is 18.6 Å². The van der Waals surface area contributed by atoms with Crippen molar-refractivity contribution in [2.24, 2.45) is 0 Å². The summed E-state index contributed by atoms with van der Waals surface area (Å²) in [7, 11) is 0. The van der Waals surface area contributed by atoms with Crippen LogP contribution >= 0.6 is 0 Å². The molecule has 0 radical (unpaired) electrons. The second kappa shape index (κ2) is 12.8. The summed E-state index contributed by atoms with van der Waals surface area (Å²) in [6.07, 6.45) is -2.77. The standard InChI is InChI=1S/C13H13F5N4O.C8H6F5N3O2/c1-4-11(2,3)22-10(23)8-5-19-7-21-9(8)20-6-12(14,15)13(16,17)18;9-7(10,8(11,12)13)2-15-5-4(6(17)18)1-14-3-16-5/h1,5,7H,6H2,2-3H3,(H,22,23)(H,19,20,21);1,3H,2H2,(H,17,18)(H,14,15,16). The largest absolute Gasteiger partial charge is 0.477 e. The Morgan fingerprint density at radius 3 is 1.56 bits per heavy atom. The van der Waals surface area contributed by atoms with E-state index in [0.717, 1.165) is 25.0 Å². The molecule has 0 aliphatic heterocycles. The predicted molar refractivity (Wildman–Crippen MR) is 120 cm³/mol. The number of terminal acetylenes is 1. The molecule has 0 fully saturated rings. The number of aromatic nitrogens is 4. The van der Waals surface area contributed by atoms with E-state index in [9.17, 15) is 53.5 Å². The molecule has 0 unspecified atom stereocenters. The number of aromatic carboxylic acids is 1. The van der Waals surface area contributed by atoms with Gasteiger partial charge in [0.2, 0.25) is 0 Å². The molecule has 0 spiro atoms. The number of carbonyl (C=O) groups excluding carboxylic acids is 1. The van der Waals surface area contributed by atoms with Crippen LogP contribution in [0.3, 0.4) is 0 Å². The predicted octanol–water partition coefficient (Wildman–Crippen LogP) is 4.01. The fraction of sp³-hybridized carbons (Fsp3) is 0.429. The van der Waals surface area contributed by atoms with Gasteiger partial charge < -0.3 is 21.1 Å². The lowest BCUT2D eigenvalue weighted by Gasteiger charge is -2.22. The molecule has 0 aliphatic rings. The zero-order valence-corrected chi connectivity index (χ0v) is 20.6. The average Bonchev–Trinajstić information content (AvgIpc) is 2.85. The first-order chi connectivity index (χ1) is 18.5. The lowest BCUT2D eigenvalue weighted by Crippen LogP contribution is -2.44. The van der Waals surface area contributed by atoms with Crippen molar-refractivity contribution in [2.45, 2.75) is 43.6 Å². The smallest absolute Gasteiger partial charge is 0.455 e. The summed E-state index contributed by atoms with van der Waals surface area (Å²) < 4.78 is 123. The van der Waals surface area contributed by atoms with Crippen LogP contribution in [0, 0.1) is 12.3 Å². The Morgan fingerprint density at radius 2 is 1.20 bits per heavy atom. The lowest BCUT2D eigenvalue weighted by atomic mass is 10.1. The van der Waals surface area contributed by atoms with E-state index in [2.05, 4.69) is 31.2 Å². The van der Waals surface area contributed by atoms with Crippen LogP contribution in [0.4, 0.5) is 55.5 Å². The number of carboxylic acids is 1. The summed E-state index contributed by atoms with van der Waals surface area (Å²) in [5.41, 5.74) is -1.97. The van der Waals surface area contributed by atoms with Crippen molar-refractivity contribution in [3.05, 3.63) is 36.2 Å². The molecule has 1 amide bonds. The minimum absolute atomic E-state index is 0.311. The number of carboxylic acid groups (broad SMARTS) is 1. The van der Waals surface area contributed by atoms with Crippen molar-refractivity contribution in [2.75, 3.05) is 23.7 Å². The van der Waals surface area contributed by atoms with Gasteiger partial charge in [0.25, 0.3) is 5.91 Å². The summed E-state index contributed by atoms with van der Waals surface area (Å²) in [5, 5.41) is 14.5. The number of rotatable bonds is 9. The van der Waals surface area contributed by atoms with E-state index < -0.39 is 71.9 Å². The summed E-state index contributed by atoms with van der Waals surface area (Å²) in [5.74, 6) is -11.1. The highest BCUT2D eigenvalue weighted by Crippen LogP contribution is 2.36. The van der Waals surface area contributed by atoms with E-state index in [1.165, 1.54) is 13.8 Å². The first-order valence-electron chi connectivity index (χ1n) is 10.5. The highest BCUT2D eigenvalue weighted by atomic mass is 19.4. The van der Waals surface area contributed by atoms with Crippen LogP contribution in [0.5, 0.6) is 0 Å². The van der Waals surface area contributed by atoms with E-state index in [1.807, 2.05) is 5.32 Å². The number of alkyl halides is 10.